The molecule has 0 fully saturated rings. The van der Waals surface area contributed by atoms with Crippen molar-refractivity contribution in [3.8, 4) is 22.5 Å². The zero-order valence-corrected chi connectivity index (χ0v) is 30.0. The zero-order chi connectivity index (χ0) is 35.7. The summed E-state index contributed by atoms with van der Waals surface area (Å²) in [6.45, 7) is 0. The number of hydrogen-bond donors (Lipinski definition) is 0. The average molecular weight is 691 g/mol. The lowest BCUT2D eigenvalue weighted by molar-refractivity contribution is 1.01. The van der Waals surface area contributed by atoms with Crippen LogP contribution in [0.5, 0.6) is 0 Å². The lowest BCUT2D eigenvalue weighted by atomic mass is 10.00. The van der Waals surface area contributed by atoms with Crippen molar-refractivity contribution >= 4 is 87.2 Å². The van der Waals surface area contributed by atoms with Gasteiger partial charge in [-0.25, -0.2) is 0 Å². The van der Waals surface area contributed by atoms with E-state index in [0.717, 1.165) is 5.69 Å². The van der Waals surface area contributed by atoms with Crippen molar-refractivity contribution in [1.82, 2.24) is 18.3 Å². The Labute approximate surface area is 310 Å². The first-order valence-corrected chi connectivity index (χ1v) is 18.6. The molecular formula is C50H34N4. The number of aromatic nitrogens is 4. The SMILES string of the molecule is Cn1c2ccccc2c2cc3c(cc21)c1cc(-c2ccc4c5c6c7ccccc7n(C)c6ccc5n(-c5ccccc5)c4c2)ccc1n3-c1ccccc1. The van der Waals surface area contributed by atoms with Gasteiger partial charge in [0.1, 0.15) is 0 Å². The third-order valence-corrected chi connectivity index (χ3v) is 12.0. The van der Waals surface area contributed by atoms with Crippen LogP contribution in [0.4, 0.5) is 0 Å². The fourth-order valence-corrected chi connectivity index (χ4v) is 9.50. The van der Waals surface area contributed by atoms with E-state index in [1.807, 2.05) is 0 Å². The van der Waals surface area contributed by atoms with Crippen molar-refractivity contribution in [1.29, 1.82) is 0 Å². The van der Waals surface area contributed by atoms with Gasteiger partial charge in [0.25, 0.3) is 0 Å². The maximum absolute atomic E-state index is 2.45. The topological polar surface area (TPSA) is 19.7 Å². The molecule has 0 radical (unpaired) electrons. The molecule has 0 spiro atoms. The van der Waals surface area contributed by atoms with Crippen molar-refractivity contribution < 1.29 is 0 Å². The van der Waals surface area contributed by atoms with Gasteiger partial charge in [0.2, 0.25) is 0 Å². The molecule has 4 nitrogen and oxygen atoms in total. The first-order chi connectivity index (χ1) is 26.6. The Balaban J connectivity index is 1.15. The standard InChI is InChI=1S/C50H34N4/c1-51-42-20-12-10-18-36(42)49-44(51)25-26-45-50(49)37-23-21-32(28-47(37)54(45)34-15-7-4-8-16-34)31-22-24-43-38(27-31)40-29-46-39(35-17-9-11-19-41(35)52(46)2)30-48(40)53(43)33-13-5-3-6-14-33/h3-30H,1-2H3. The van der Waals surface area contributed by atoms with E-state index >= 15 is 0 Å². The molecule has 12 rings (SSSR count). The maximum Gasteiger partial charge on any atom is 0.0548 e. The van der Waals surface area contributed by atoms with Gasteiger partial charge in [-0.3, -0.25) is 0 Å². The number of benzene rings is 8. The van der Waals surface area contributed by atoms with E-state index < -0.39 is 0 Å². The fraction of sp³-hybridized carbons (Fsp3) is 0.0400. The molecule has 0 saturated heterocycles. The van der Waals surface area contributed by atoms with Gasteiger partial charge in [0, 0.05) is 90.6 Å². The Hall–Kier alpha value is -7.04. The Bertz CT molecular complexity index is 3500. The van der Waals surface area contributed by atoms with Gasteiger partial charge >= 0.3 is 0 Å². The molecule has 0 amide bonds. The van der Waals surface area contributed by atoms with Gasteiger partial charge in [-0.1, -0.05) is 91.0 Å². The quantitative estimate of drug-likeness (QED) is 0.176. The van der Waals surface area contributed by atoms with Crippen LogP contribution in [-0.4, -0.2) is 18.3 Å². The van der Waals surface area contributed by atoms with Crippen LogP contribution in [0.2, 0.25) is 0 Å². The summed E-state index contributed by atoms with van der Waals surface area (Å²) in [6, 6.07) is 62.6. The molecule has 4 aromatic heterocycles. The molecule has 0 bridgehead atoms. The molecular weight excluding hydrogens is 657 g/mol. The molecule has 4 heterocycles. The summed E-state index contributed by atoms with van der Waals surface area (Å²) in [5, 5.41) is 10.2. The van der Waals surface area contributed by atoms with E-state index in [2.05, 4.69) is 202 Å². The molecule has 54 heavy (non-hydrogen) atoms. The zero-order valence-electron chi connectivity index (χ0n) is 30.0. The molecule has 0 unspecified atom stereocenters. The largest absolute Gasteiger partial charge is 0.344 e. The number of aryl methyl sites for hydroxylation is 2. The van der Waals surface area contributed by atoms with Crippen LogP contribution in [0.15, 0.2) is 170 Å². The van der Waals surface area contributed by atoms with Crippen LogP contribution in [0.3, 0.4) is 0 Å². The van der Waals surface area contributed by atoms with Crippen molar-refractivity contribution in [2.24, 2.45) is 14.1 Å². The number of fused-ring (bicyclic) bond motifs is 13. The van der Waals surface area contributed by atoms with E-state index in [1.165, 1.54) is 104 Å². The highest BCUT2D eigenvalue weighted by molar-refractivity contribution is 6.29. The summed E-state index contributed by atoms with van der Waals surface area (Å²) in [6.07, 6.45) is 0. The minimum absolute atomic E-state index is 1.16. The van der Waals surface area contributed by atoms with E-state index in [9.17, 15) is 0 Å². The highest BCUT2D eigenvalue weighted by atomic mass is 15.0. The third-order valence-electron chi connectivity index (χ3n) is 12.0. The summed E-state index contributed by atoms with van der Waals surface area (Å²) in [5.74, 6) is 0. The normalized spacial score (nSPS) is 12.3. The number of para-hydroxylation sites is 4. The summed E-state index contributed by atoms with van der Waals surface area (Å²) < 4.78 is 9.55. The average Bonchev–Trinajstić information content (AvgIpc) is 3.92. The Morgan fingerprint density at radius 3 is 1.50 bits per heavy atom. The Kier molecular flexibility index (Phi) is 5.88. The molecule has 0 aliphatic carbocycles. The third kappa shape index (κ3) is 3.86. The Morgan fingerprint density at radius 1 is 0.278 bits per heavy atom. The van der Waals surface area contributed by atoms with Crippen LogP contribution in [0.1, 0.15) is 0 Å². The summed E-state index contributed by atoms with van der Waals surface area (Å²) in [4.78, 5) is 0. The second-order valence-electron chi connectivity index (χ2n) is 14.7. The lowest BCUT2D eigenvalue weighted by Gasteiger charge is -2.10. The highest BCUT2D eigenvalue weighted by Gasteiger charge is 2.21. The summed E-state index contributed by atoms with van der Waals surface area (Å²) in [5.41, 5.74) is 14.6. The van der Waals surface area contributed by atoms with Crippen LogP contribution in [0, 0.1) is 0 Å². The highest BCUT2D eigenvalue weighted by Crippen LogP contribution is 2.43. The molecule has 0 aliphatic rings. The number of nitrogens with zero attached hydrogens (tertiary/aromatic N) is 4. The van der Waals surface area contributed by atoms with Crippen LogP contribution in [0.25, 0.3) is 110 Å². The monoisotopic (exact) mass is 690 g/mol. The molecule has 8 aromatic carbocycles. The minimum Gasteiger partial charge on any atom is -0.344 e. The molecule has 4 heteroatoms. The predicted molar refractivity (Wildman–Crippen MR) is 229 cm³/mol. The molecule has 0 saturated carbocycles. The van der Waals surface area contributed by atoms with Crippen LogP contribution < -0.4 is 0 Å². The number of hydrogen-bond acceptors (Lipinski definition) is 0. The van der Waals surface area contributed by atoms with Gasteiger partial charge in [-0.05, 0) is 90.0 Å². The van der Waals surface area contributed by atoms with Gasteiger partial charge in [0.15, 0.2) is 0 Å². The molecule has 12 aromatic rings. The van der Waals surface area contributed by atoms with Crippen LogP contribution in [-0.2, 0) is 14.1 Å². The first-order valence-electron chi connectivity index (χ1n) is 18.6. The predicted octanol–water partition coefficient (Wildman–Crippen LogP) is 12.8. The smallest absolute Gasteiger partial charge is 0.0548 e. The van der Waals surface area contributed by atoms with E-state index in [-0.39, 0.29) is 0 Å². The maximum atomic E-state index is 2.45. The molecule has 0 N–H and O–H groups in total. The van der Waals surface area contributed by atoms with Gasteiger partial charge in [-0.15, -0.1) is 0 Å². The van der Waals surface area contributed by atoms with Gasteiger partial charge in [-0.2, -0.15) is 0 Å². The lowest BCUT2D eigenvalue weighted by Crippen LogP contribution is -1.94. The van der Waals surface area contributed by atoms with Gasteiger partial charge < -0.3 is 18.3 Å². The van der Waals surface area contributed by atoms with Crippen molar-refractivity contribution in [2.45, 2.75) is 0 Å². The molecule has 0 aliphatic heterocycles. The second kappa shape index (κ2) is 10.8. The van der Waals surface area contributed by atoms with E-state index in [1.54, 1.807) is 0 Å². The summed E-state index contributed by atoms with van der Waals surface area (Å²) in [7, 11) is 4.37. The first kappa shape index (κ1) is 29.5. The Morgan fingerprint density at radius 2 is 0.741 bits per heavy atom. The van der Waals surface area contributed by atoms with Crippen molar-refractivity contribution in [2.75, 3.05) is 0 Å². The van der Waals surface area contributed by atoms with Gasteiger partial charge in [0.05, 0.1) is 22.1 Å². The molecule has 254 valence electrons. The summed E-state index contributed by atoms with van der Waals surface area (Å²) >= 11 is 0. The van der Waals surface area contributed by atoms with E-state index in [4.69, 9.17) is 0 Å². The number of rotatable bonds is 3. The minimum atomic E-state index is 1.16. The van der Waals surface area contributed by atoms with Crippen molar-refractivity contribution in [3.05, 3.63) is 170 Å². The van der Waals surface area contributed by atoms with E-state index in [0.29, 0.717) is 0 Å². The second-order valence-corrected chi connectivity index (χ2v) is 14.7. The molecule has 0 atom stereocenters. The fourth-order valence-electron chi connectivity index (χ4n) is 9.50. The van der Waals surface area contributed by atoms with Crippen molar-refractivity contribution in [3.63, 3.8) is 0 Å². The van der Waals surface area contributed by atoms with Crippen LogP contribution >= 0.6 is 0 Å².